The second-order valence-corrected chi connectivity index (χ2v) is 1.54. The summed E-state index contributed by atoms with van der Waals surface area (Å²) in [5.74, 6) is 0. The molecule has 0 unspecified atom stereocenters. The van der Waals surface area contributed by atoms with Crippen LogP contribution in [0.15, 0.2) is 12.4 Å². The zero-order valence-corrected chi connectivity index (χ0v) is 4.55. The Morgan fingerprint density at radius 2 is 2.25 bits per heavy atom. The Bertz CT molecular complexity index is 256. The number of hydrogen-bond acceptors (Lipinski definition) is 2. The normalized spacial score (nSPS) is 16.4. The lowest BCUT2D eigenvalue weighted by Crippen LogP contribution is -1.84. The summed E-state index contributed by atoms with van der Waals surface area (Å²) >= 11 is 0. The summed E-state index contributed by atoms with van der Waals surface area (Å²) in [4.78, 5) is 7.43. The van der Waals surface area contributed by atoms with Gasteiger partial charge in [0, 0.05) is 15.5 Å². The van der Waals surface area contributed by atoms with Crippen molar-refractivity contribution in [2.24, 2.45) is 0 Å². The standard InChI is InChI=1S/C6H8N2/c1-5-3-6(2)8-4-7-5/h3-4H,1-2H3/i1D3. The van der Waals surface area contributed by atoms with Gasteiger partial charge >= 0.3 is 0 Å². The Kier molecular flexibility index (Phi) is 0.613. The van der Waals surface area contributed by atoms with Crippen LogP contribution in [0.5, 0.6) is 0 Å². The molecule has 2 nitrogen and oxygen atoms in total. The summed E-state index contributed by atoms with van der Waals surface area (Å²) in [5, 5.41) is 0. The summed E-state index contributed by atoms with van der Waals surface area (Å²) < 4.78 is 21.0. The average Bonchev–Trinajstić information content (AvgIpc) is 1.86. The fourth-order valence-electron chi connectivity index (χ4n) is 0.455. The highest BCUT2D eigenvalue weighted by atomic mass is 14.8. The van der Waals surface area contributed by atoms with Crippen molar-refractivity contribution >= 4 is 0 Å². The molecule has 1 aromatic rings. The molecule has 0 saturated carbocycles. The van der Waals surface area contributed by atoms with Gasteiger partial charge < -0.3 is 0 Å². The number of aromatic nitrogens is 2. The third-order valence-electron chi connectivity index (χ3n) is 0.804. The van der Waals surface area contributed by atoms with Crippen LogP contribution in [0.4, 0.5) is 0 Å². The van der Waals surface area contributed by atoms with Crippen molar-refractivity contribution in [1.29, 1.82) is 0 Å². The Labute approximate surface area is 52.8 Å². The molecule has 42 valence electrons. The maximum Gasteiger partial charge on any atom is 0.115 e. The summed E-state index contributed by atoms with van der Waals surface area (Å²) in [6, 6.07) is 1.47. The van der Waals surface area contributed by atoms with Crippen molar-refractivity contribution in [3.05, 3.63) is 23.8 Å². The van der Waals surface area contributed by atoms with Gasteiger partial charge in [-0.1, -0.05) is 0 Å². The minimum atomic E-state index is -2.12. The van der Waals surface area contributed by atoms with Gasteiger partial charge in [-0.3, -0.25) is 0 Å². The highest BCUT2D eigenvalue weighted by molar-refractivity contribution is 5.03. The third-order valence-corrected chi connectivity index (χ3v) is 0.804. The topological polar surface area (TPSA) is 25.8 Å². The zero-order chi connectivity index (χ0) is 8.48. The maximum atomic E-state index is 7.01. The largest absolute Gasteiger partial charge is 0.242 e. The van der Waals surface area contributed by atoms with Gasteiger partial charge in [-0.2, -0.15) is 0 Å². The second-order valence-electron chi connectivity index (χ2n) is 1.54. The first-order chi connectivity index (χ1) is 5.00. The molecule has 0 amide bonds. The molecule has 2 heteroatoms. The van der Waals surface area contributed by atoms with E-state index in [4.69, 9.17) is 4.11 Å². The van der Waals surface area contributed by atoms with Crippen LogP contribution in [-0.2, 0) is 0 Å². The predicted molar refractivity (Wildman–Crippen MR) is 31.5 cm³/mol. The Morgan fingerprint density at radius 3 is 2.75 bits per heavy atom. The first-order valence-electron chi connectivity index (χ1n) is 3.79. The fourth-order valence-corrected chi connectivity index (χ4v) is 0.455. The molecule has 0 aliphatic heterocycles. The minimum Gasteiger partial charge on any atom is -0.242 e. The van der Waals surface area contributed by atoms with Crippen LogP contribution in [-0.4, -0.2) is 9.97 Å². The maximum absolute atomic E-state index is 7.01. The lowest BCUT2D eigenvalue weighted by Gasteiger charge is -1.89. The van der Waals surface area contributed by atoms with E-state index < -0.39 is 6.85 Å². The van der Waals surface area contributed by atoms with Crippen molar-refractivity contribution in [1.82, 2.24) is 9.97 Å². The van der Waals surface area contributed by atoms with E-state index in [0.717, 1.165) is 0 Å². The highest BCUT2D eigenvalue weighted by Gasteiger charge is 1.83. The van der Waals surface area contributed by atoms with Crippen LogP contribution in [0.1, 0.15) is 15.5 Å². The van der Waals surface area contributed by atoms with Crippen molar-refractivity contribution in [3.63, 3.8) is 0 Å². The van der Waals surface area contributed by atoms with E-state index >= 15 is 0 Å². The molecule has 0 saturated heterocycles. The lowest BCUT2D eigenvalue weighted by atomic mass is 10.4. The minimum absolute atomic E-state index is 0.102. The van der Waals surface area contributed by atoms with Gasteiger partial charge in [0.2, 0.25) is 0 Å². The molecule has 0 atom stereocenters. The van der Waals surface area contributed by atoms with E-state index in [1.807, 2.05) is 0 Å². The molecule has 8 heavy (non-hydrogen) atoms. The van der Waals surface area contributed by atoms with Gasteiger partial charge in [-0.15, -0.1) is 0 Å². The van der Waals surface area contributed by atoms with Crippen LogP contribution in [0.2, 0.25) is 0 Å². The molecule has 0 aliphatic rings. The van der Waals surface area contributed by atoms with Gasteiger partial charge in [0.25, 0.3) is 0 Å². The van der Waals surface area contributed by atoms with E-state index in [2.05, 4.69) is 9.97 Å². The molecule has 0 aliphatic carbocycles. The number of nitrogens with zero attached hydrogens (tertiary/aromatic N) is 2. The van der Waals surface area contributed by atoms with Gasteiger partial charge in [0.15, 0.2) is 0 Å². The molecule has 0 bridgehead atoms. The van der Waals surface area contributed by atoms with Gasteiger partial charge in [-0.25, -0.2) is 9.97 Å². The van der Waals surface area contributed by atoms with Crippen LogP contribution in [0.25, 0.3) is 0 Å². The SMILES string of the molecule is [2H]C([2H])([2H])c1cc(C)ncn1. The second kappa shape index (κ2) is 1.90. The van der Waals surface area contributed by atoms with Crippen LogP contribution >= 0.6 is 0 Å². The molecule has 1 heterocycles. The average molecular weight is 111 g/mol. The van der Waals surface area contributed by atoms with E-state index in [-0.39, 0.29) is 5.69 Å². The van der Waals surface area contributed by atoms with E-state index in [0.29, 0.717) is 5.69 Å². The quantitative estimate of drug-likeness (QED) is 0.501. The number of hydrogen-bond donors (Lipinski definition) is 0. The van der Waals surface area contributed by atoms with E-state index in [9.17, 15) is 0 Å². The molecular formula is C6H8N2. The monoisotopic (exact) mass is 111 g/mol. The smallest absolute Gasteiger partial charge is 0.115 e. The van der Waals surface area contributed by atoms with Crippen molar-refractivity contribution in [2.45, 2.75) is 13.8 Å². The molecule has 0 spiro atoms. The van der Waals surface area contributed by atoms with Crippen LogP contribution in [0.3, 0.4) is 0 Å². The molecule has 0 fully saturated rings. The molecular weight excluding hydrogens is 100 g/mol. The van der Waals surface area contributed by atoms with Crippen LogP contribution in [0, 0.1) is 13.8 Å². The fraction of sp³-hybridized carbons (Fsp3) is 0.333. The highest BCUT2D eigenvalue weighted by Crippen LogP contribution is 1.91. The van der Waals surface area contributed by atoms with Gasteiger partial charge in [-0.05, 0) is 19.8 Å². The number of aryl methyl sites for hydroxylation is 2. The molecule has 1 rings (SSSR count). The summed E-state index contributed by atoms with van der Waals surface area (Å²) in [5.41, 5.74) is 0.774. The van der Waals surface area contributed by atoms with E-state index in [1.54, 1.807) is 6.92 Å². The third kappa shape index (κ3) is 1.03. The Balaban J connectivity index is 3.06. The van der Waals surface area contributed by atoms with Crippen molar-refractivity contribution in [2.75, 3.05) is 0 Å². The first kappa shape index (κ1) is 2.58. The van der Waals surface area contributed by atoms with Crippen LogP contribution < -0.4 is 0 Å². The number of rotatable bonds is 0. The lowest BCUT2D eigenvalue weighted by molar-refractivity contribution is 1.05. The van der Waals surface area contributed by atoms with Gasteiger partial charge in [0.1, 0.15) is 6.33 Å². The van der Waals surface area contributed by atoms with Crippen molar-refractivity contribution in [3.8, 4) is 0 Å². The van der Waals surface area contributed by atoms with E-state index in [1.165, 1.54) is 12.4 Å². The Hall–Kier alpha value is -0.920. The molecule has 1 aromatic heterocycles. The summed E-state index contributed by atoms with van der Waals surface area (Å²) in [7, 11) is 0. The molecule has 0 aromatic carbocycles. The first-order valence-corrected chi connectivity index (χ1v) is 2.29. The van der Waals surface area contributed by atoms with Gasteiger partial charge in [0.05, 0.1) is 0 Å². The zero-order valence-electron chi connectivity index (χ0n) is 7.55. The molecule has 0 N–H and O–H groups in total. The summed E-state index contributed by atoms with van der Waals surface area (Å²) in [6.45, 7) is -0.384. The van der Waals surface area contributed by atoms with Crippen molar-refractivity contribution < 1.29 is 4.11 Å². The molecule has 0 radical (unpaired) electrons. The Morgan fingerprint density at radius 1 is 1.50 bits per heavy atom. The summed E-state index contributed by atoms with van der Waals surface area (Å²) in [6.07, 6.45) is 1.26. The predicted octanol–water partition coefficient (Wildman–Crippen LogP) is 1.09.